The number of H-pyrrole nitrogens is 1. The molecule has 1 aromatic heterocycles. The molecule has 110 valence electrons. The number of carboxylic acid groups (broad SMARTS) is 1. The second kappa shape index (κ2) is 5.14. The molecule has 1 amide bonds. The number of carboxylic acids is 1. The summed E-state index contributed by atoms with van der Waals surface area (Å²) in [4.78, 5) is 22.4. The van der Waals surface area contributed by atoms with Gasteiger partial charge in [-0.2, -0.15) is 18.3 Å². The van der Waals surface area contributed by atoms with Gasteiger partial charge in [0.15, 0.2) is 0 Å². The second-order valence-corrected chi connectivity index (χ2v) is 4.67. The molecule has 1 unspecified atom stereocenters. The summed E-state index contributed by atoms with van der Waals surface area (Å²) < 4.78 is 36.6. The molecule has 3 N–H and O–H groups in total. The number of rotatable bonds is 5. The number of carbonyl (C=O) groups excluding carboxylic acids is 1. The van der Waals surface area contributed by atoms with Crippen LogP contribution in [0.5, 0.6) is 0 Å². The number of hydrogen-bond donors (Lipinski definition) is 3. The quantitative estimate of drug-likeness (QED) is 0.764. The summed E-state index contributed by atoms with van der Waals surface area (Å²) in [5.41, 5.74) is 0.623. The maximum absolute atomic E-state index is 12.2. The van der Waals surface area contributed by atoms with Crippen molar-refractivity contribution in [2.45, 2.75) is 37.4 Å². The molecule has 1 atom stereocenters. The van der Waals surface area contributed by atoms with E-state index < -0.39 is 30.5 Å². The Bertz CT molecular complexity index is 522. The van der Waals surface area contributed by atoms with Gasteiger partial charge in [-0.05, 0) is 18.9 Å². The molecule has 0 aliphatic heterocycles. The van der Waals surface area contributed by atoms with Crippen molar-refractivity contribution in [2.24, 2.45) is 0 Å². The van der Waals surface area contributed by atoms with E-state index in [1.54, 1.807) is 0 Å². The van der Waals surface area contributed by atoms with Crippen LogP contribution in [0.1, 0.15) is 41.4 Å². The monoisotopic (exact) mass is 291 g/mol. The lowest BCUT2D eigenvalue weighted by Gasteiger charge is -2.15. The summed E-state index contributed by atoms with van der Waals surface area (Å²) in [7, 11) is 0. The molecule has 0 aromatic carbocycles. The van der Waals surface area contributed by atoms with Crippen LogP contribution in [0, 0.1) is 0 Å². The van der Waals surface area contributed by atoms with Crippen molar-refractivity contribution in [3.63, 3.8) is 0 Å². The van der Waals surface area contributed by atoms with Crippen LogP contribution in [0.25, 0.3) is 0 Å². The average Bonchev–Trinajstić information content (AvgIpc) is 3.04. The van der Waals surface area contributed by atoms with Crippen molar-refractivity contribution in [2.75, 3.05) is 0 Å². The van der Waals surface area contributed by atoms with Crippen LogP contribution in [-0.4, -0.2) is 39.4 Å². The van der Waals surface area contributed by atoms with E-state index >= 15 is 0 Å². The molecular formula is C11H12F3N3O3. The van der Waals surface area contributed by atoms with Crippen LogP contribution in [0.4, 0.5) is 13.2 Å². The van der Waals surface area contributed by atoms with Gasteiger partial charge < -0.3 is 10.4 Å². The Morgan fingerprint density at radius 2 is 2.15 bits per heavy atom. The van der Waals surface area contributed by atoms with E-state index in [2.05, 4.69) is 10.2 Å². The standard InChI is InChI=1S/C11H12F3N3O3/c12-11(13,14)4-8(10(19)20)15-9(18)7-3-6(16-17-7)5-1-2-5/h3,5,8H,1-2,4H2,(H,15,18)(H,16,17)(H,19,20). The summed E-state index contributed by atoms with van der Waals surface area (Å²) in [5, 5.41) is 16.8. The third-order valence-corrected chi connectivity index (χ3v) is 2.89. The molecule has 2 rings (SSSR count). The third-order valence-electron chi connectivity index (χ3n) is 2.89. The summed E-state index contributed by atoms with van der Waals surface area (Å²) in [5.74, 6) is -2.38. The van der Waals surface area contributed by atoms with Crippen molar-refractivity contribution in [3.05, 3.63) is 17.5 Å². The maximum Gasteiger partial charge on any atom is 0.391 e. The van der Waals surface area contributed by atoms with Crippen LogP contribution in [-0.2, 0) is 4.79 Å². The smallest absolute Gasteiger partial charge is 0.391 e. The zero-order valence-electron chi connectivity index (χ0n) is 10.2. The summed E-state index contributed by atoms with van der Waals surface area (Å²) in [6, 6.07) is -0.594. The van der Waals surface area contributed by atoms with E-state index in [4.69, 9.17) is 5.11 Å². The topological polar surface area (TPSA) is 95.1 Å². The number of amides is 1. The molecule has 0 spiro atoms. The zero-order valence-corrected chi connectivity index (χ0v) is 10.2. The minimum absolute atomic E-state index is 0.111. The Morgan fingerprint density at radius 1 is 1.50 bits per heavy atom. The van der Waals surface area contributed by atoms with Gasteiger partial charge in [0, 0.05) is 11.6 Å². The van der Waals surface area contributed by atoms with Crippen LogP contribution in [0.15, 0.2) is 6.07 Å². The van der Waals surface area contributed by atoms with E-state index in [1.807, 2.05) is 5.32 Å². The molecule has 1 fully saturated rings. The van der Waals surface area contributed by atoms with Crippen LogP contribution in [0.3, 0.4) is 0 Å². The molecule has 0 bridgehead atoms. The largest absolute Gasteiger partial charge is 0.480 e. The number of nitrogens with one attached hydrogen (secondary N) is 2. The average molecular weight is 291 g/mol. The summed E-state index contributed by atoms with van der Waals surface area (Å²) in [6.45, 7) is 0. The molecule has 6 nitrogen and oxygen atoms in total. The van der Waals surface area contributed by atoms with Gasteiger partial charge >= 0.3 is 12.1 Å². The Labute approximate surface area is 111 Å². The molecule has 1 saturated carbocycles. The van der Waals surface area contributed by atoms with E-state index in [0.29, 0.717) is 5.92 Å². The molecule has 1 heterocycles. The van der Waals surface area contributed by atoms with E-state index in [0.717, 1.165) is 18.5 Å². The number of hydrogen-bond acceptors (Lipinski definition) is 3. The number of aromatic amines is 1. The first kappa shape index (κ1) is 14.4. The predicted octanol–water partition coefficient (Wildman–Crippen LogP) is 1.42. The predicted molar refractivity (Wildman–Crippen MR) is 60.1 cm³/mol. The highest BCUT2D eigenvalue weighted by Gasteiger charge is 2.36. The Morgan fingerprint density at radius 3 is 2.65 bits per heavy atom. The minimum atomic E-state index is -4.68. The number of halogens is 3. The second-order valence-electron chi connectivity index (χ2n) is 4.67. The normalized spacial score (nSPS) is 16.8. The number of aromatic nitrogens is 2. The third kappa shape index (κ3) is 3.72. The van der Waals surface area contributed by atoms with Crippen molar-refractivity contribution in [1.82, 2.24) is 15.5 Å². The van der Waals surface area contributed by atoms with Gasteiger partial charge in [0.2, 0.25) is 0 Å². The van der Waals surface area contributed by atoms with Gasteiger partial charge in [0.1, 0.15) is 11.7 Å². The van der Waals surface area contributed by atoms with Gasteiger partial charge in [-0.15, -0.1) is 0 Å². The van der Waals surface area contributed by atoms with E-state index in [-0.39, 0.29) is 5.69 Å². The first-order valence-electron chi connectivity index (χ1n) is 5.92. The number of nitrogens with zero attached hydrogens (tertiary/aromatic N) is 1. The van der Waals surface area contributed by atoms with Crippen molar-refractivity contribution < 1.29 is 27.9 Å². The lowest BCUT2D eigenvalue weighted by molar-refractivity contribution is -0.157. The molecule has 0 radical (unpaired) electrons. The van der Waals surface area contributed by atoms with E-state index in [9.17, 15) is 22.8 Å². The fourth-order valence-corrected chi connectivity index (χ4v) is 1.72. The summed E-state index contributed by atoms with van der Waals surface area (Å²) in [6.07, 6.45) is -4.38. The first-order chi connectivity index (χ1) is 9.26. The SMILES string of the molecule is O=C(NC(CC(F)(F)F)C(=O)O)c1cc(C2CC2)[nH]n1. The highest BCUT2D eigenvalue weighted by Crippen LogP contribution is 2.38. The van der Waals surface area contributed by atoms with Gasteiger partial charge in [0.25, 0.3) is 5.91 Å². The van der Waals surface area contributed by atoms with Crippen LogP contribution in [0.2, 0.25) is 0 Å². The van der Waals surface area contributed by atoms with Crippen molar-refractivity contribution in [1.29, 1.82) is 0 Å². The lowest BCUT2D eigenvalue weighted by Crippen LogP contribution is -2.43. The lowest BCUT2D eigenvalue weighted by atomic mass is 10.2. The molecule has 20 heavy (non-hydrogen) atoms. The fourth-order valence-electron chi connectivity index (χ4n) is 1.72. The van der Waals surface area contributed by atoms with E-state index in [1.165, 1.54) is 6.07 Å². The van der Waals surface area contributed by atoms with Gasteiger partial charge in [-0.3, -0.25) is 9.89 Å². The van der Waals surface area contributed by atoms with Crippen LogP contribution >= 0.6 is 0 Å². The Balaban J connectivity index is 2.01. The summed E-state index contributed by atoms with van der Waals surface area (Å²) >= 11 is 0. The Hall–Kier alpha value is -2.06. The first-order valence-corrected chi connectivity index (χ1v) is 5.92. The van der Waals surface area contributed by atoms with Crippen LogP contribution < -0.4 is 5.32 Å². The highest BCUT2D eigenvalue weighted by molar-refractivity contribution is 5.95. The number of alkyl halides is 3. The maximum atomic E-state index is 12.2. The minimum Gasteiger partial charge on any atom is -0.480 e. The Kier molecular flexibility index (Phi) is 3.69. The van der Waals surface area contributed by atoms with Gasteiger partial charge in [-0.1, -0.05) is 0 Å². The molecule has 1 aromatic rings. The molecule has 1 aliphatic rings. The molecule has 1 aliphatic carbocycles. The highest BCUT2D eigenvalue weighted by atomic mass is 19.4. The zero-order chi connectivity index (χ0) is 14.9. The van der Waals surface area contributed by atoms with Crippen molar-refractivity contribution >= 4 is 11.9 Å². The molecular weight excluding hydrogens is 279 g/mol. The number of carbonyl (C=O) groups is 2. The fraction of sp³-hybridized carbons (Fsp3) is 0.545. The molecule has 0 saturated heterocycles. The van der Waals surface area contributed by atoms with Gasteiger partial charge in [0.05, 0.1) is 6.42 Å². The van der Waals surface area contributed by atoms with Crippen molar-refractivity contribution in [3.8, 4) is 0 Å². The van der Waals surface area contributed by atoms with Gasteiger partial charge in [-0.25, -0.2) is 4.79 Å². The molecule has 9 heteroatoms. The number of aliphatic carboxylic acids is 1.